The average Bonchev–Trinajstić information content (AvgIpc) is 3.24. The number of H-pyrrole nitrogens is 1. The van der Waals surface area contributed by atoms with Crippen molar-refractivity contribution in [1.29, 1.82) is 0 Å². The van der Waals surface area contributed by atoms with E-state index >= 15 is 0 Å². The second-order valence-electron chi connectivity index (χ2n) is 5.88. The van der Waals surface area contributed by atoms with E-state index in [1.165, 1.54) is 13.2 Å². The monoisotopic (exact) mass is 374 g/mol. The van der Waals surface area contributed by atoms with Crippen molar-refractivity contribution < 1.29 is 22.8 Å². The predicted molar refractivity (Wildman–Crippen MR) is 92.6 cm³/mol. The average molecular weight is 374 g/mol. The van der Waals surface area contributed by atoms with Crippen LogP contribution in [0.3, 0.4) is 0 Å². The molecule has 7 nitrogen and oxygen atoms in total. The highest BCUT2D eigenvalue weighted by Crippen LogP contribution is 2.19. The molecule has 0 spiro atoms. The Balaban J connectivity index is 1.55. The molecule has 2 aromatic heterocycles. The number of nitrogens with one attached hydrogen (secondary N) is 3. The lowest BCUT2D eigenvalue weighted by Crippen LogP contribution is -2.42. The van der Waals surface area contributed by atoms with E-state index in [4.69, 9.17) is 4.42 Å². The third-order valence-electron chi connectivity index (χ3n) is 3.67. The van der Waals surface area contributed by atoms with Crippen molar-refractivity contribution in [2.45, 2.75) is 19.4 Å². The Morgan fingerprint density at radius 2 is 1.96 bits per heavy atom. The molecule has 140 valence electrons. The molecule has 0 saturated heterocycles. The number of aromatic amines is 1. The molecule has 3 aromatic rings. The molecule has 2 amide bonds. The first-order valence-electron chi connectivity index (χ1n) is 8.05. The highest BCUT2D eigenvalue weighted by atomic mass is 19.1. The molecule has 0 aliphatic heterocycles. The minimum absolute atomic E-state index is 0.175. The fourth-order valence-electron chi connectivity index (χ4n) is 2.43. The molecular formula is C18H16F2N4O3. The van der Waals surface area contributed by atoms with Crippen LogP contribution >= 0.6 is 0 Å². The van der Waals surface area contributed by atoms with Gasteiger partial charge in [0.15, 0.2) is 5.76 Å². The normalized spacial score (nSPS) is 11.8. The lowest BCUT2D eigenvalue weighted by Gasteiger charge is -2.13. The third kappa shape index (κ3) is 4.78. The van der Waals surface area contributed by atoms with Crippen LogP contribution in [-0.2, 0) is 16.0 Å². The number of carbonyl (C=O) groups is 2. The highest BCUT2D eigenvalue weighted by molar-refractivity contribution is 5.96. The summed E-state index contributed by atoms with van der Waals surface area (Å²) >= 11 is 0. The zero-order valence-electron chi connectivity index (χ0n) is 14.3. The first-order valence-corrected chi connectivity index (χ1v) is 8.05. The number of halogens is 2. The van der Waals surface area contributed by atoms with E-state index in [-0.39, 0.29) is 12.0 Å². The van der Waals surface area contributed by atoms with E-state index in [0.717, 1.165) is 18.2 Å². The van der Waals surface area contributed by atoms with Crippen LogP contribution in [0, 0.1) is 11.6 Å². The van der Waals surface area contributed by atoms with Gasteiger partial charge >= 0.3 is 0 Å². The van der Waals surface area contributed by atoms with Gasteiger partial charge in [0.25, 0.3) is 0 Å². The van der Waals surface area contributed by atoms with E-state index in [1.807, 2.05) is 0 Å². The maximum atomic E-state index is 13.2. The van der Waals surface area contributed by atoms with Crippen LogP contribution in [0.4, 0.5) is 14.6 Å². The first kappa shape index (κ1) is 18.3. The molecule has 3 N–H and O–H groups in total. The number of furan rings is 1. The molecule has 9 heteroatoms. The van der Waals surface area contributed by atoms with Crippen LogP contribution in [-0.4, -0.2) is 28.1 Å². The Kier molecular flexibility index (Phi) is 5.30. The Hall–Kier alpha value is -3.49. The predicted octanol–water partition coefficient (Wildman–Crippen LogP) is 2.63. The van der Waals surface area contributed by atoms with Gasteiger partial charge in [0.1, 0.15) is 29.2 Å². The lowest BCUT2D eigenvalue weighted by molar-refractivity contribution is -0.125. The van der Waals surface area contributed by atoms with Gasteiger partial charge in [-0.1, -0.05) is 0 Å². The van der Waals surface area contributed by atoms with Gasteiger partial charge in [0, 0.05) is 12.1 Å². The molecule has 2 heterocycles. The summed E-state index contributed by atoms with van der Waals surface area (Å²) in [6.07, 6.45) is 1.25. The molecule has 27 heavy (non-hydrogen) atoms. The number of carbonyl (C=O) groups excluding carboxylic acids is 2. The largest absolute Gasteiger partial charge is 0.463 e. The number of nitrogens with zero attached hydrogens (tertiary/aromatic N) is 1. The van der Waals surface area contributed by atoms with E-state index in [1.54, 1.807) is 18.2 Å². The van der Waals surface area contributed by atoms with Crippen LogP contribution in [0.25, 0.3) is 11.5 Å². The Labute approximate surface area is 152 Å². The minimum Gasteiger partial charge on any atom is -0.463 e. The summed E-state index contributed by atoms with van der Waals surface area (Å²) in [5.74, 6) is -1.69. The van der Waals surface area contributed by atoms with E-state index in [2.05, 4.69) is 20.8 Å². The number of anilines is 1. The summed E-state index contributed by atoms with van der Waals surface area (Å²) in [5.41, 5.74) is 0.689. The maximum Gasteiger partial charge on any atom is 0.247 e. The maximum absolute atomic E-state index is 13.2. The zero-order chi connectivity index (χ0) is 19.4. The van der Waals surface area contributed by atoms with Crippen molar-refractivity contribution in [3.63, 3.8) is 0 Å². The van der Waals surface area contributed by atoms with Crippen molar-refractivity contribution in [2.24, 2.45) is 0 Å². The molecule has 1 aromatic carbocycles. The van der Waals surface area contributed by atoms with E-state index in [0.29, 0.717) is 17.3 Å². The van der Waals surface area contributed by atoms with Crippen molar-refractivity contribution in [1.82, 2.24) is 15.5 Å². The van der Waals surface area contributed by atoms with Crippen LogP contribution in [0.5, 0.6) is 0 Å². The lowest BCUT2D eigenvalue weighted by atomic mass is 10.1. The van der Waals surface area contributed by atoms with Gasteiger partial charge in [-0.25, -0.2) is 8.78 Å². The number of benzene rings is 1. The van der Waals surface area contributed by atoms with Gasteiger partial charge in [0.05, 0.1) is 12.7 Å². The van der Waals surface area contributed by atoms with Gasteiger partial charge < -0.3 is 15.1 Å². The molecule has 0 aliphatic carbocycles. The smallest absolute Gasteiger partial charge is 0.247 e. The summed E-state index contributed by atoms with van der Waals surface area (Å²) in [5, 5.41) is 11.7. The van der Waals surface area contributed by atoms with Crippen LogP contribution in [0.15, 0.2) is 47.1 Å². The quantitative estimate of drug-likeness (QED) is 0.617. The summed E-state index contributed by atoms with van der Waals surface area (Å²) in [6, 6.07) is 7.00. The third-order valence-corrected chi connectivity index (χ3v) is 3.67. The number of hydrogen-bond donors (Lipinski definition) is 3. The summed E-state index contributed by atoms with van der Waals surface area (Å²) in [4.78, 5) is 24.2. The molecule has 1 unspecified atom stereocenters. The summed E-state index contributed by atoms with van der Waals surface area (Å²) in [7, 11) is 0. The second-order valence-corrected chi connectivity index (χ2v) is 5.88. The van der Waals surface area contributed by atoms with Crippen LogP contribution < -0.4 is 10.6 Å². The van der Waals surface area contributed by atoms with Gasteiger partial charge in [0.2, 0.25) is 11.8 Å². The number of aromatic nitrogens is 2. The topological polar surface area (TPSA) is 100 Å². The summed E-state index contributed by atoms with van der Waals surface area (Å²) < 4.78 is 31.5. The Bertz CT molecular complexity index is 933. The minimum atomic E-state index is -0.869. The number of amides is 2. The number of hydrogen-bond acceptors (Lipinski definition) is 4. The van der Waals surface area contributed by atoms with Crippen LogP contribution in [0.1, 0.15) is 12.5 Å². The van der Waals surface area contributed by atoms with Crippen molar-refractivity contribution >= 4 is 17.6 Å². The Morgan fingerprint density at radius 1 is 1.22 bits per heavy atom. The second kappa shape index (κ2) is 7.81. The summed E-state index contributed by atoms with van der Waals surface area (Å²) in [6.45, 7) is 1.49. The van der Waals surface area contributed by atoms with Crippen molar-refractivity contribution in [3.05, 3.63) is 59.9 Å². The van der Waals surface area contributed by atoms with Gasteiger partial charge in [-0.3, -0.25) is 14.7 Å². The SMILES string of the molecule is CC(NC(=O)Cc1cc(F)cc(F)c1)C(=O)Nc1cc(-c2ccco2)n[nH]1. The molecular weight excluding hydrogens is 358 g/mol. The van der Waals surface area contributed by atoms with Crippen molar-refractivity contribution in [2.75, 3.05) is 5.32 Å². The molecule has 0 saturated carbocycles. The molecule has 0 aliphatic rings. The van der Waals surface area contributed by atoms with E-state index < -0.39 is 29.5 Å². The van der Waals surface area contributed by atoms with Gasteiger partial charge in [-0.05, 0) is 36.8 Å². The molecule has 0 fully saturated rings. The van der Waals surface area contributed by atoms with Crippen LogP contribution in [0.2, 0.25) is 0 Å². The Morgan fingerprint density at radius 3 is 2.63 bits per heavy atom. The molecule has 1 atom stereocenters. The number of rotatable bonds is 6. The first-order chi connectivity index (χ1) is 12.9. The standard InChI is InChI=1S/C18H16F2N4O3/c1-10(21-17(25)7-11-5-12(19)8-13(20)6-11)18(26)22-16-9-14(23-24-16)15-3-2-4-27-15/h2-6,8-10H,7H2,1H3,(H,21,25)(H2,22,23,24,26). The fourth-order valence-corrected chi connectivity index (χ4v) is 2.43. The van der Waals surface area contributed by atoms with Gasteiger partial charge in [-0.2, -0.15) is 5.10 Å². The van der Waals surface area contributed by atoms with Crippen molar-refractivity contribution in [3.8, 4) is 11.5 Å². The molecule has 0 bridgehead atoms. The molecule has 3 rings (SSSR count). The van der Waals surface area contributed by atoms with Gasteiger partial charge in [-0.15, -0.1) is 0 Å². The highest BCUT2D eigenvalue weighted by Gasteiger charge is 2.17. The zero-order valence-corrected chi connectivity index (χ0v) is 14.3. The molecule has 0 radical (unpaired) electrons. The van der Waals surface area contributed by atoms with E-state index in [9.17, 15) is 18.4 Å². The fraction of sp³-hybridized carbons (Fsp3) is 0.167.